The van der Waals surface area contributed by atoms with Gasteiger partial charge in [0.1, 0.15) is 0 Å². The summed E-state index contributed by atoms with van der Waals surface area (Å²) in [5.74, 6) is -0.730. The molecule has 0 aliphatic carbocycles. The van der Waals surface area contributed by atoms with Crippen LogP contribution in [0.25, 0.3) is 0 Å². The summed E-state index contributed by atoms with van der Waals surface area (Å²) in [6.45, 7) is 4.95. The number of amides is 1. The summed E-state index contributed by atoms with van der Waals surface area (Å²) in [4.78, 5) is 33.1. The molecule has 1 aliphatic heterocycles. The molecule has 0 spiro atoms. The highest BCUT2D eigenvalue weighted by Crippen LogP contribution is 2.16. The lowest BCUT2D eigenvalue weighted by atomic mass is 10.2. The van der Waals surface area contributed by atoms with Crippen molar-refractivity contribution < 1.29 is 19.4 Å². The van der Waals surface area contributed by atoms with Gasteiger partial charge >= 0.3 is 5.97 Å². The molecule has 22 heavy (non-hydrogen) atoms. The zero-order chi connectivity index (χ0) is 16.1. The minimum Gasteiger partial charge on any atom is -0.481 e. The molecule has 0 radical (unpaired) electrons. The van der Waals surface area contributed by atoms with Gasteiger partial charge in [-0.25, -0.2) is 9.97 Å². The molecular formula is C14H19N3O4S. The van der Waals surface area contributed by atoms with Crippen LogP contribution >= 0.6 is 11.8 Å². The number of morpholine rings is 1. The standard InChI is InChI=1S/C14H19N3O4S/c1-9-5-10(2)16-14(15-9)22-8-12(18)17-3-4-21-11(7-17)6-13(19)20/h5,11H,3-4,6-8H2,1-2H3,(H,19,20). The Labute approximate surface area is 133 Å². The van der Waals surface area contributed by atoms with Crippen molar-refractivity contribution in [2.24, 2.45) is 0 Å². The van der Waals surface area contributed by atoms with E-state index in [0.717, 1.165) is 11.4 Å². The van der Waals surface area contributed by atoms with Crippen molar-refractivity contribution in [3.63, 3.8) is 0 Å². The second kappa shape index (κ2) is 7.55. The number of rotatable bonds is 5. The number of hydrogen-bond acceptors (Lipinski definition) is 6. The lowest BCUT2D eigenvalue weighted by Crippen LogP contribution is -2.46. The summed E-state index contributed by atoms with van der Waals surface area (Å²) in [6, 6.07) is 1.88. The maximum absolute atomic E-state index is 12.2. The third-order valence-corrected chi connectivity index (χ3v) is 4.01. The van der Waals surface area contributed by atoms with E-state index in [1.54, 1.807) is 4.90 Å². The summed E-state index contributed by atoms with van der Waals surface area (Å²) in [6.07, 6.45) is -0.519. The van der Waals surface area contributed by atoms with Gasteiger partial charge in [-0.15, -0.1) is 0 Å². The SMILES string of the molecule is Cc1cc(C)nc(SCC(=O)N2CCOC(CC(=O)O)C2)n1. The van der Waals surface area contributed by atoms with Crippen LogP contribution in [0.3, 0.4) is 0 Å². The average molecular weight is 325 g/mol. The first kappa shape index (κ1) is 16.7. The minimum atomic E-state index is -0.919. The van der Waals surface area contributed by atoms with Gasteiger partial charge in [-0.1, -0.05) is 11.8 Å². The van der Waals surface area contributed by atoms with E-state index in [2.05, 4.69) is 9.97 Å². The van der Waals surface area contributed by atoms with Gasteiger partial charge in [-0.05, 0) is 19.9 Å². The third-order valence-electron chi connectivity index (χ3n) is 3.18. The van der Waals surface area contributed by atoms with Crippen molar-refractivity contribution in [1.82, 2.24) is 14.9 Å². The molecule has 7 nitrogen and oxygen atoms in total. The summed E-state index contributed by atoms with van der Waals surface area (Å²) >= 11 is 1.30. The van der Waals surface area contributed by atoms with Crippen LogP contribution < -0.4 is 0 Å². The summed E-state index contributed by atoms with van der Waals surface area (Å²) in [5.41, 5.74) is 1.74. The molecule has 0 aromatic carbocycles. The van der Waals surface area contributed by atoms with E-state index in [1.165, 1.54) is 11.8 Å². The van der Waals surface area contributed by atoms with E-state index in [-0.39, 0.29) is 18.1 Å². The van der Waals surface area contributed by atoms with Crippen LogP contribution in [0, 0.1) is 13.8 Å². The molecule has 1 unspecified atom stereocenters. The predicted molar refractivity (Wildman–Crippen MR) is 80.8 cm³/mol. The lowest BCUT2D eigenvalue weighted by molar-refractivity contribution is -0.146. The van der Waals surface area contributed by atoms with Crippen molar-refractivity contribution in [3.8, 4) is 0 Å². The minimum absolute atomic E-state index is 0.0496. The number of aromatic nitrogens is 2. The number of hydrogen-bond donors (Lipinski definition) is 1. The Morgan fingerprint density at radius 2 is 2.09 bits per heavy atom. The summed E-state index contributed by atoms with van der Waals surface area (Å²) in [5, 5.41) is 9.37. The fraction of sp³-hybridized carbons (Fsp3) is 0.571. The van der Waals surface area contributed by atoms with E-state index >= 15 is 0 Å². The topological polar surface area (TPSA) is 92.6 Å². The van der Waals surface area contributed by atoms with Gasteiger partial charge in [0.2, 0.25) is 5.91 Å². The third kappa shape index (κ3) is 4.96. The van der Waals surface area contributed by atoms with Crippen LogP contribution in [0.1, 0.15) is 17.8 Å². The molecule has 2 heterocycles. The molecule has 0 saturated carbocycles. The van der Waals surface area contributed by atoms with Gasteiger partial charge in [0.05, 0.1) is 24.9 Å². The molecule has 1 saturated heterocycles. The highest BCUT2D eigenvalue weighted by atomic mass is 32.2. The fourth-order valence-corrected chi connectivity index (χ4v) is 3.09. The molecule has 0 bridgehead atoms. The Kier molecular flexibility index (Phi) is 5.73. The van der Waals surface area contributed by atoms with E-state index in [9.17, 15) is 9.59 Å². The first-order valence-electron chi connectivity index (χ1n) is 7.00. The van der Waals surface area contributed by atoms with Crippen LogP contribution in [0.15, 0.2) is 11.2 Å². The maximum Gasteiger partial charge on any atom is 0.306 e. The first-order chi connectivity index (χ1) is 10.4. The molecule has 1 aromatic rings. The van der Waals surface area contributed by atoms with E-state index < -0.39 is 12.1 Å². The van der Waals surface area contributed by atoms with Gasteiger partial charge in [0.25, 0.3) is 0 Å². The number of ether oxygens (including phenoxy) is 1. The molecule has 120 valence electrons. The normalized spacial score (nSPS) is 18.3. The van der Waals surface area contributed by atoms with Crippen LogP contribution in [-0.4, -0.2) is 63.4 Å². The highest BCUT2D eigenvalue weighted by Gasteiger charge is 2.25. The van der Waals surface area contributed by atoms with E-state index in [1.807, 2.05) is 19.9 Å². The van der Waals surface area contributed by atoms with Crippen molar-refractivity contribution in [2.45, 2.75) is 31.5 Å². The Hall–Kier alpha value is -1.67. The largest absolute Gasteiger partial charge is 0.481 e. The molecular weight excluding hydrogens is 306 g/mol. The second-order valence-electron chi connectivity index (χ2n) is 5.15. The Bertz CT molecular complexity index is 547. The number of aliphatic carboxylic acids is 1. The smallest absolute Gasteiger partial charge is 0.306 e. The molecule has 1 aromatic heterocycles. The Morgan fingerprint density at radius 3 is 2.73 bits per heavy atom. The fourth-order valence-electron chi connectivity index (χ4n) is 2.24. The zero-order valence-corrected chi connectivity index (χ0v) is 13.4. The molecule has 1 atom stereocenters. The zero-order valence-electron chi connectivity index (χ0n) is 12.6. The lowest BCUT2D eigenvalue weighted by Gasteiger charge is -2.32. The number of carboxylic acids is 1. The number of nitrogens with zero attached hydrogens (tertiary/aromatic N) is 3. The van der Waals surface area contributed by atoms with Crippen molar-refractivity contribution in [3.05, 3.63) is 17.5 Å². The van der Waals surface area contributed by atoms with Gasteiger partial charge in [0, 0.05) is 24.5 Å². The van der Waals surface area contributed by atoms with Crippen molar-refractivity contribution >= 4 is 23.6 Å². The average Bonchev–Trinajstić information content (AvgIpc) is 2.43. The maximum atomic E-state index is 12.2. The first-order valence-corrected chi connectivity index (χ1v) is 7.99. The van der Waals surface area contributed by atoms with Gasteiger partial charge in [-0.3, -0.25) is 9.59 Å². The summed E-state index contributed by atoms with van der Waals surface area (Å²) in [7, 11) is 0. The number of thioether (sulfide) groups is 1. The molecule has 1 aliphatic rings. The number of carbonyl (C=O) groups is 2. The quantitative estimate of drug-likeness (QED) is 0.635. The van der Waals surface area contributed by atoms with E-state index in [4.69, 9.17) is 9.84 Å². The Morgan fingerprint density at radius 1 is 1.41 bits per heavy atom. The predicted octanol–water partition coefficient (Wildman–Crippen LogP) is 0.888. The molecule has 1 amide bonds. The van der Waals surface area contributed by atoms with Crippen LogP contribution in [0.4, 0.5) is 0 Å². The molecule has 1 N–H and O–H groups in total. The number of aryl methyl sites for hydroxylation is 2. The molecule has 1 fully saturated rings. The molecule has 2 rings (SSSR count). The number of carboxylic acid groups (broad SMARTS) is 1. The van der Waals surface area contributed by atoms with Gasteiger partial charge in [-0.2, -0.15) is 0 Å². The van der Waals surface area contributed by atoms with Crippen molar-refractivity contribution in [2.75, 3.05) is 25.4 Å². The molecule has 8 heteroatoms. The van der Waals surface area contributed by atoms with Crippen LogP contribution in [0.5, 0.6) is 0 Å². The second-order valence-corrected chi connectivity index (χ2v) is 6.09. The monoisotopic (exact) mass is 325 g/mol. The Balaban J connectivity index is 1.87. The van der Waals surface area contributed by atoms with Crippen LogP contribution in [-0.2, 0) is 14.3 Å². The van der Waals surface area contributed by atoms with Gasteiger partial charge in [0.15, 0.2) is 5.16 Å². The number of carbonyl (C=O) groups excluding carboxylic acids is 1. The highest BCUT2D eigenvalue weighted by molar-refractivity contribution is 7.99. The summed E-state index contributed by atoms with van der Waals surface area (Å²) < 4.78 is 5.36. The van der Waals surface area contributed by atoms with Crippen LogP contribution in [0.2, 0.25) is 0 Å². The van der Waals surface area contributed by atoms with Crippen molar-refractivity contribution in [1.29, 1.82) is 0 Å². The van der Waals surface area contributed by atoms with Gasteiger partial charge < -0.3 is 14.7 Å². The van der Waals surface area contributed by atoms with E-state index in [0.29, 0.717) is 24.9 Å².